The zero-order valence-corrected chi connectivity index (χ0v) is 15.2. The second-order valence-corrected chi connectivity index (χ2v) is 7.61. The predicted molar refractivity (Wildman–Crippen MR) is 91.6 cm³/mol. The summed E-state index contributed by atoms with van der Waals surface area (Å²) in [6, 6.07) is 0. The number of anilines is 1. The average Bonchev–Trinajstić information content (AvgIpc) is 3.06. The van der Waals surface area contributed by atoms with Crippen LogP contribution in [0.15, 0.2) is 10.8 Å². The van der Waals surface area contributed by atoms with Crippen LogP contribution in [0.2, 0.25) is 5.15 Å². The molecule has 1 aliphatic carbocycles. The highest BCUT2D eigenvalue weighted by Gasteiger charge is 2.49. The summed E-state index contributed by atoms with van der Waals surface area (Å²) >= 11 is 9.70. The molecule has 0 unspecified atom stereocenters. The van der Waals surface area contributed by atoms with Crippen molar-refractivity contribution in [2.45, 2.75) is 39.0 Å². The Labute approximate surface area is 147 Å². The van der Waals surface area contributed by atoms with E-state index in [0.717, 1.165) is 12.2 Å². The summed E-state index contributed by atoms with van der Waals surface area (Å²) in [5.74, 6) is 0.428. The van der Waals surface area contributed by atoms with Crippen LogP contribution >= 0.6 is 27.5 Å². The molecule has 1 saturated carbocycles. The third kappa shape index (κ3) is 2.41. The van der Waals surface area contributed by atoms with E-state index in [4.69, 9.17) is 17.3 Å². The average molecular weight is 402 g/mol. The Bertz CT molecular complexity index is 791. The first-order valence-corrected chi connectivity index (χ1v) is 8.66. The van der Waals surface area contributed by atoms with Crippen molar-refractivity contribution in [1.29, 1.82) is 0 Å². The van der Waals surface area contributed by atoms with Gasteiger partial charge in [0.15, 0.2) is 5.82 Å². The van der Waals surface area contributed by atoms with Crippen molar-refractivity contribution in [1.82, 2.24) is 14.4 Å². The maximum atomic E-state index is 11.8. The molecule has 0 amide bonds. The molecule has 2 aromatic heterocycles. The fourth-order valence-corrected chi connectivity index (χ4v) is 4.41. The number of fused-ring (bicyclic) bond motifs is 1. The minimum absolute atomic E-state index is 0.0200. The van der Waals surface area contributed by atoms with Gasteiger partial charge < -0.3 is 10.8 Å². The minimum atomic E-state index is -0.734. The van der Waals surface area contributed by atoms with Crippen LogP contribution in [-0.4, -0.2) is 25.4 Å². The molecular formula is C15H18BrClN4O2. The number of carboxylic acids is 1. The second-order valence-electron chi connectivity index (χ2n) is 6.47. The van der Waals surface area contributed by atoms with Gasteiger partial charge in [-0.05, 0) is 41.1 Å². The molecule has 0 radical (unpaired) electrons. The molecule has 23 heavy (non-hydrogen) atoms. The van der Waals surface area contributed by atoms with Gasteiger partial charge in [-0.2, -0.15) is 0 Å². The number of halogens is 2. The Morgan fingerprint density at radius 3 is 2.87 bits per heavy atom. The number of nitrogen functional groups attached to an aromatic ring is 1. The van der Waals surface area contributed by atoms with Crippen molar-refractivity contribution >= 4 is 44.8 Å². The molecule has 124 valence electrons. The summed E-state index contributed by atoms with van der Waals surface area (Å²) in [6.07, 6.45) is 3.43. The van der Waals surface area contributed by atoms with E-state index in [1.807, 2.05) is 13.8 Å². The molecule has 0 bridgehead atoms. The highest BCUT2D eigenvalue weighted by atomic mass is 79.9. The Balaban J connectivity index is 2.10. The Morgan fingerprint density at radius 2 is 2.30 bits per heavy atom. The highest BCUT2D eigenvalue weighted by molar-refractivity contribution is 9.10. The SMILES string of the molecule is CC(C)[C@@]1(C(=O)O)CC[C@@H](c2nc(Br)c3c(N)ncc(Cl)n23)C1. The van der Waals surface area contributed by atoms with Crippen molar-refractivity contribution in [3.8, 4) is 0 Å². The smallest absolute Gasteiger partial charge is 0.309 e. The minimum Gasteiger partial charge on any atom is -0.481 e. The molecule has 1 aliphatic rings. The van der Waals surface area contributed by atoms with E-state index < -0.39 is 11.4 Å². The maximum absolute atomic E-state index is 11.8. The lowest BCUT2D eigenvalue weighted by Gasteiger charge is -2.28. The summed E-state index contributed by atoms with van der Waals surface area (Å²) in [5.41, 5.74) is 5.85. The summed E-state index contributed by atoms with van der Waals surface area (Å²) in [5, 5.41) is 10.1. The van der Waals surface area contributed by atoms with E-state index >= 15 is 0 Å². The van der Waals surface area contributed by atoms with Crippen LogP contribution in [0.5, 0.6) is 0 Å². The number of nitrogens with zero attached hydrogens (tertiary/aromatic N) is 3. The summed E-state index contributed by atoms with van der Waals surface area (Å²) < 4.78 is 2.36. The van der Waals surface area contributed by atoms with Gasteiger partial charge in [-0.15, -0.1) is 0 Å². The number of carboxylic acid groups (broad SMARTS) is 1. The summed E-state index contributed by atoms with van der Waals surface area (Å²) in [7, 11) is 0. The van der Waals surface area contributed by atoms with Crippen LogP contribution in [0, 0.1) is 11.3 Å². The number of hydrogen-bond acceptors (Lipinski definition) is 4. The number of carbonyl (C=O) groups is 1. The van der Waals surface area contributed by atoms with Crippen LogP contribution in [-0.2, 0) is 4.79 Å². The molecule has 6 nitrogen and oxygen atoms in total. The fourth-order valence-electron chi connectivity index (χ4n) is 3.62. The van der Waals surface area contributed by atoms with Crippen LogP contribution in [0.4, 0.5) is 5.82 Å². The van der Waals surface area contributed by atoms with Gasteiger partial charge in [-0.1, -0.05) is 25.4 Å². The van der Waals surface area contributed by atoms with E-state index in [2.05, 4.69) is 25.9 Å². The summed E-state index contributed by atoms with van der Waals surface area (Å²) in [4.78, 5) is 20.5. The zero-order chi connectivity index (χ0) is 16.9. The topological polar surface area (TPSA) is 93.5 Å². The molecule has 3 N–H and O–H groups in total. The molecule has 2 heterocycles. The lowest BCUT2D eigenvalue weighted by Crippen LogP contribution is -2.33. The van der Waals surface area contributed by atoms with Gasteiger partial charge in [0.2, 0.25) is 0 Å². The van der Waals surface area contributed by atoms with E-state index in [9.17, 15) is 9.90 Å². The first-order valence-electron chi connectivity index (χ1n) is 7.49. The second kappa shape index (κ2) is 5.63. The zero-order valence-electron chi connectivity index (χ0n) is 12.9. The normalized spacial score (nSPS) is 24.7. The van der Waals surface area contributed by atoms with E-state index in [1.165, 1.54) is 6.20 Å². The molecule has 0 aliphatic heterocycles. The van der Waals surface area contributed by atoms with Gasteiger partial charge in [-0.3, -0.25) is 9.20 Å². The molecule has 1 fully saturated rings. The monoisotopic (exact) mass is 400 g/mol. The van der Waals surface area contributed by atoms with Crippen molar-refractivity contribution in [2.24, 2.45) is 11.3 Å². The lowest BCUT2D eigenvalue weighted by molar-refractivity contribution is -0.151. The van der Waals surface area contributed by atoms with Gasteiger partial charge in [-0.25, -0.2) is 9.97 Å². The molecular weight excluding hydrogens is 384 g/mol. The predicted octanol–water partition coefficient (Wildman–Crippen LogP) is 3.72. The van der Waals surface area contributed by atoms with E-state index in [0.29, 0.717) is 33.9 Å². The quantitative estimate of drug-likeness (QED) is 0.817. The Hall–Kier alpha value is -1.34. The van der Waals surface area contributed by atoms with Crippen molar-refractivity contribution in [3.05, 3.63) is 21.8 Å². The maximum Gasteiger partial charge on any atom is 0.309 e. The molecule has 2 atom stereocenters. The van der Waals surface area contributed by atoms with Gasteiger partial charge in [0, 0.05) is 5.92 Å². The largest absolute Gasteiger partial charge is 0.481 e. The summed E-state index contributed by atoms with van der Waals surface area (Å²) in [6.45, 7) is 3.93. The van der Waals surface area contributed by atoms with Crippen LogP contribution in [0.3, 0.4) is 0 Å². The first-order chi connectivity index (χ1) is 10.8. The third-order valence-corrected chi connectivity index (χ3v) is 5.89. The fraction of sp³-hybridized carbons (Fsp3) is 0.533. The van der Waals surface area contributed by atoms with Crippen molar-refractivity contribution < 1.29 is 9.90 Å². The lowest BCUT2D eigenvalue weighted by atomic mass is 9.75. The van der Waals surface area contributed by atoms with Crippen LogP contribution < -0.4 is 5.73 Å². The molecule has 3 rings (SSSR count). The number of nitrogens with two attached hydrogens (primary N) is 1. The first kappa shape index (κ1) is 16.5. The Morgan fingerprint density at radius 1 is 1.61 bits per heavy atom. The third-order valence-electron chi connectivity index (χ3n) is 5.07. The van der Waals surface area contributed by atoms with Gasteiger partial charge in [0.1, 0.15) is 21.1 Å². The van der Waals surface area contributed by atoms with Gasteiger partial charge >= 0.3 is 5.97 Å². The van der Waals surface area contributed by atoms with E-state index in [1.54, 1.807) is 4.40 Å². The van der Waals surface area contributed by atoms with Crippen molar-refractivity contribution in [2.75, 3.05) is 5.73 Å². The van der Waals surface area contributed by atoms with Crippen LogP contribution in [0.1, 0.15) is 44.9 Å². The molecule has 2 aromatic rings. The number of hydrogen-bond donors (Lipinski definition) is 2. The number of aliphatic carboxylic acids is 1. The van der Waals surface area contributed by atoms with Gasteiger partial charge in [0.25, 0.3) is 0 Å². The number of imidazole rings is 1. The highest BCUT2D eigenvalue weighted by Crippen LogP contribution is 2.51. The van der Waals surface area contributed by atoms with Gasteiger partial charge in [0.05, 0.1) is 11.6 Å². The number of rotatable bonds is 3. The van der Waals surface area contributed by atoms with Crippen molar-refractivity contribution in [3.63, 3.8) is 0 Å². The molecule has 8 heteroatoms. The standard InChI is InChI=1S/C15H18BrClN4O2/c1-7(2)15(14(22)23)4-3-8(5-15)13-20-11(16)10-12(18)19-6-9(17)21(10)13/h6-8H,3-5H2,1-2H3,(H2,18,19)(H,22,23)/t8-,15-/m1/s1. The molecule has 0 spiro atoms. The molecule has 0 aromatic carbocycles. The number of aromatic nitrogens is 3. The Kier molecular flexibility index (Phi) is 4.04. The van der Waals surface area contributed by atoms with E-state index in [-0.39, 0.29) is 11.8 Å². The molecule has 0 saturated heterocycles. The van der Waals surface area contributed by atoms with Crippen LogP contribution in [0.25, 0.3) is 5.52 Å².